The maximum absolute atomic E-state index is 12.8. The van der Waals surface area contributed by atoms with Crippen molar-refractivity contribution in [3.05, 3.63) is 54.1 Å². The van der Waals surface area contributed by atoms with Gasteiger partial charge in [0.1, 0.15) is 17.9 Å². The van der Waals surface area contributed by atoms with E-state index in [0.29, 0.717) is 23.3 Å². The molecule has 0 spiro atoms. The molecule has 2 aliphatic heterocycles. The van der Waals surface area contributed by atoms with Crippen LogP contribution in [-0.2, 0) is 0 Å². The molecule has 9 nitrogen and oxygen atoms in total. The number of aromatic nitrogens is 4. The smallest absolute Gasteiger partial charge is 0.321 e. The van der Waals surface area contributed by atoms with E-state index in [2.05, 4.69) is 25.3 Å². The highest BCUT2D eigenvalue weighted by Crippen LogP contribution is 2.34. The van der Waals surface area contributed by atoms with Gasteiger partial charge in [-0.1, -0.05) is 12.1 Å². The zero-order chi connectivity index (χ0) is 22.2. The van der Waals surface area contributed by atoms with Gasteiger partial charge < -0.3 is 19.9 Å². The zero-order valence-corrected chi connectivity index (χ0v) is 18.5. The number of ether oxygens (including phenoxy) is 1. The van der Waals surface area contributed by atoms with Crippen LogP contribution in [0.4, 0.5) is 16.3 Å². The van der Waals surface area contributed by atoms with Gasteiger partial charge in [0.25, 0.3) is 0 Å². The van der Waals surface area contributed by atoms with Gasteiger partial charge in [-0.25, -0.2) is 19.4 Å². The Bertz CT molecular complexity index is 1130. The van der Waals surface area contributed by atoms with E-state index in [1.54, 1.807) is 13.4 Å². The van der Waals surface area contributed by atoms with E-state index >= 15 is 0 Å². The van der Waals surface area contributed by atoms with Crippen molar-refractivity contribution in [2.24, 2.45) is 11.8 Å². The minimum atomic E-state index is -0.0794. The van der Waals surface area contributed by atoms with Gasteiger partial charge in [0.15, 0.2) is 5.82 Å². The van der Waals surface area contributed by atoms with Crippen LogP contribution in [0.3, 0.4) is 0 Å². The summed E-state index contributed by atoms with van der Waals surface area (Å²) >= 11 is 0. The highest BCUT2D eigenvalue weighted by atomic mass is 16.5. The van der Waals surface area contributed by atoms with Crippen molar-refractivity contribution in [3.8, 4) is 11.6 Å². The normalized spacial score (nSPS) is 19.8. The number of fused-ring (bicyclic) bond motifs is 1. The number of para-hydroxylation sites is 2. The van der Waals surface area contributed by atoms with Crippen molar-refractivity contribution in [1.82, 2.24) is 24.6 Å². The zero-order valence-electron chi connectivity index (χ0n) is 18.5. The SMILES string of the molecule is COc1ccccc1NC(=O)N1CC2CN(c3cc(-n4nc(C)cc4C)ncn3)CC2C1. The summed E-state index contributed by atoms with van der Waals surface area (Å²) < 4.78 is 7.19. The van der Waals surface area contributed by atoms with E-state index in [-0.39, 0.29) is 6.03 Å². The summed E-state index contributed by atoms with van der Waals surface area (Å²) in [7, 11) is 1.60. The first kappa shape index (κ1) is 20.3. The first-order chi connectivity index (χ1) is 15.5. The number of anilines is 2. The van der Waals surface area contributed by atoms with Gasteiger partial charge >= 0.3 is 6.03 Å². The molecule has 2 amide bonds. The number of likely N-dealkylation sites (tertiary alicyclic amines) is 1. The summed E-state index contributed by atoms with van der Waals surface area (Å²) in [5.41, 5.74) is 2.70. The second kappa shape index (κ2) is 8.14. The molecule has 2 saturated heterocycles. The molecule has 0 bridgehead atoms. The Balaban J connectivity index is 1.24. The number of hydrogen-bond donors (Lipinski definition) is 1. The van der Waals surface area contributed by atoms with Crippen LogP contribution in [-0.4, -0.2) is 64.0 Å². The lowest BCUT2D eigenvalue weighted by molar-refractivity contribution is 0.219. The number of nitrogens with one attached hydrogen (secondary N) is 1. The van der Waals surface area contributed by atoms with Crippen LogP contribution in [0.2, 0.25) is 0 Å². The maximum Gasteiger partial charge on any atom is 0.321 e. The number of aryl methyl sites for hydroxylation is 2. The average Bonchev–Trinajstić information content (AvgIpc) is 3.47. The molecule has 2 unspecified atom stereocenters. The van der Waals surface area contributed by atoms with Crippen LogP contribution in [0, 0.1) is 25.7 Å². The van der Waals surface area contributed by atoms with Gasteiger partial charge in [-0.05, 0) is 32.0 Å². The molecule has 0 aliphatic carbocycles. The Morgan fingerprint density at radius 2 is 1.75 bits per heavy atom. The molecule has 166 valence electrons. The number of benzene rings is 1. The first-order valence-electron chi connectivity index (χ1n) is 10.8. The average molecular weight is 434 g/mol. The number of carbonyl (C=O) groups excluding carboxylic acids is 1. The fourth-order valence-electron chi connectivity index (χ4n) is 4.77. The van der Waals surface area contributed by atoms with E-state index in [4.69, 9.17) is 4.74 Å². The largest absolute Gasteiger partial charge is 0.495 e. The lowest BCUT2D eigenvalue weighted by Crippen LogP contribution is -2.36. The predicted octanol–water partition coefficient (Wildman–Crippen LogP) is 2.89. The van der Waals surface area contributed by atoms with E-state index in [1.165, 1.54) is 0 Å². The third-order valence-electron chi connectivity index (χ3n) is 6.31. The van der Waals surface area contributed by atoms with E-state index < -0.39 is 0 Å². The summed E-state index contributed by atoms with van der Waals surface area (Å²) in [5, 5.41) is 7.52. The number of amides is 2. The lowest BCUT2D eigenvalue weighted by Gasteiger charge is -2.23. The van der Waals surface area contributed by atoms with Crippen molar-refractivity contribution in [2.45, 2.75) is 13.8 Å². The van der Waals surface area contributed by atoms with E-state index in [9.17, 15) is 4.79 Å². The highest BCUT2D eigenvalue weighted by Gasteiger charge is 2.42. The standard InChI is InChI=1S/C23H27N7O2/c1-15-8-16(2)30(27-15)22-9-21(24-14-25-22)28-10-17-12-29(13-18(17)11-28)23(31)26-19-6-4-5-7-20(19)32-3/h4-9,14,17-18H,10-13H2,1-3H3,(H,26,31). The molecule has 0 saturated carbocycles. The second-order valence-electron chi connectivity index (χ2n) is 8.53. The summed E-state index contributed by atoms with van der Waals surface area (Å²) in [6, 6.07) is 11.4. The van der Waals surface area contributed by atoms with Gasteiger partial charge in [0.2, 0.25) is 0 Å². The van der Waals surface area contributed by atoms with Crippen molar-refractivity contribution in [3.63, 3.8) is 0 Å². The summed E-state index contributed by atoms with van der Waals surface area (Å²) in [6.07, 6.45) is 1.60. The van der Waals surface area contributed by atoms with Crippen LogP contribution in [0.1, 0.15) is 11.4 Å². The van der Waals surface area contributed by atoms with Crippen molar-refractivity contribution >= 4 is 17.5 Å². The molecule has 9 heteroatoms. The summed E-state index contributed by atoms with van der Waals surface area (Å²) in [4.78, 5) is 25.9. The van der Waals surface area contributed by atoms with Crippen molar-refractivity contribution in [2.75, 3.05) is 43.5 Å². The maximum atomic E-state index is 12.8. The summed E-state index contributed by atoms with van der Waals surface area (Å²) in [6.45, 7) is 7.21. The molecule has 2 aromatic heterocycles. The molecule has 1 aromatic carbocycles. The molecule has 32 heavy (non-hydrogen) atoms. The number of methoxy groups -OCH3 is 1. The molecule has 2 atom stereocenters. The summed E-state index contributed by atoms with van der Waals surface area (Å²) in [5.74, 6) is 3.18. The third-order valence-corrected chi connectivity index (χ3v) is 6.31. The van der Waals surface area contributed by atoms with Gasteiger partial charge in [0.05, 0.1) is 18.5 Å². The van der Waals surface area contributed by atoms with Crippen LogP contribution >= 0.6 is 0 Å². The number of rotatable bonds is 4. The van der Waals surface area contributed by atoms with Crippen LogP contribution in [0.15, 0.2) is 42.7 Å². The number of carbonyl (C=O) groups is 1. The van der Waals surface area contributed by atoms with Gasteiger partial charge in [-0.3, -0.25) is 0 Å². The predicted molar refractivity (Wildman–Crippen MR) is 121 cm³/mol. The lowest BCUT2D eigenvalue weighted by atomic mass is 10.0. The van der Waals surface area contributed by atoms with Gasteiger partial charge in [-0.15, -0.1) is 0 Å². The molecule has 4 heterocycles. The monoisotopic (exact) mass is 433 g/mol. The Hall–Kier alpha value is -3.62. The number of hydrogen-bond acceptors (Lipinski definition) is 6. The molecule has 0 radical (unpaired) electrons. The molecule has 1 N–H and O–H groups in total. The van der Waals surface area contributed by atoms with Crippen molar-refractivity contribution < 1.29 is 9.53 Å². The molecular formula is C23H27N7O2. The molecule has 2 aliphatic rings. The quantitative estimate of drug-likeness (QED) is 0.681. The molecule has 5 rings (SSSR count). The van der Waals surface area contributed by atoms with Gasteiger partial charge in [0, 0.05) is 49.8 Å². The Labute approximate surface area is 187 Å². The topological polar surface area (TPSA) is 88.4 Å². The highest BCUT2D eigenvalue weighted by molar-refractivity contribution is 5.91. The minimum absolute atomic E-state index is 0.0794. The van der Waals surface area contributed by atoms with Crippen molar-refractivity contribution in [1.29, 1.82) is 0 Å². The Kier molecular flexibility index (Phi) is 5.16. The fourth-order valence-corrected chi connectivity index (χ4v) is 4.77. The van der Waals surface area contributed by atoms with E-state index in [0.717, 1.165) is 49.2 Å². The minimum Gasteiger partial charge on any atom is -0.495 e. The van der Waals surface area contributed by atoms with Crippen LogP contribution in [0.25, 0.3) is 5.82 Å². The second-order valence-corrected chi connectivity index (χ2v) is 8.53. The number of nitrogens with zero attached hydrogens (tertiary/aromatic N) is 6. The molecule has 3 aromatic rings. The molecular weight excluding hydrogens is 406 g/mol. The number of urea groups is 1. The third kappa shape index (κ3) is 3.74. The van der Waals surface area contributed by atoms with Crippen LogP contribution < -0.4 is 15.0 Å². The molecule has 2 fully saturated rings. The van der Waals surface area contributed by atoms with Crippen LogP contribution in [0.5, 0.6) is 5.75 Å². The fraction of sp³-hybridized carbons (Fsp3) is 0.391. The first-order valence-corrected chi connectivity index (χ1v) is 10.8. The Morgan fingerprint density at radius 1 is 1.03 bits per heavy atom. The van der Waals surface area contributed by atoms with Gasteiger partial charge in [-0.2, -0.15) is 5.10 Å². The van der Waals surface area contributed by atoms with E-state index in [1.807, 2.05) is 59.8 Å². The Morgan fingerprint density at radius 3 is 2.44 bits per heavy atom.